The standard InChI is InChI=1S/C13H16ClN3S/c1-7-5-6-11(18-7)9(3)15-13-8(2)12(14)16-10(4)17-13/h5-6,9H,1-4H3,(H,15,16,17). The highest BCUT2D eigenvalue weighted by molar-refractivity contribution is 7.12. The maximum atomic E-state index is 6.06. The Bertz CT molecular complexity index is 565. The normalized spacial score (nSPS) is 12.5. The van der Waals surface area contributed by atoms with Crippen LogP contribution in [0.25, 0.3) is 0 Å². The molecule has 2 heterocycles. The Morgan fingerprint density at radius 3 is 2.56 bits per heavy atom. The van der Waals surface area contributed by atoms with Gasteiger partial charge >= 0.3 is 0 Å². The molecular weight excluding hydrogens is 266 g/mol. The van der Waals surface area contributed by atoms with Crippen LogP contribution in [0.4, 0.5) is 5.82 Å². The summed E-state index contributed by atoms with van der Waals surface area (Å²) in [5.41, 5.74) is 0.891. The van der Waals surface area contributed by atoms with Crippen molar-refractivity contribution in [1.29, 1.82) is 0 Å². The van der Waals surface area contributed by atoms with Gasteiger partial charge in [-0.25, -0.2) is 9.97 Å². The van der Waals surface area contributed by atoms with E-state index in [1.54, 1.807) is 11.3 Å². The summed E-state index contributed by atoms with van der Waals surface area (Å²) in [7, 11) is 0. The molecule has 0 spiro atoms. The lowest BCUT2D eigenvalue weighted by atomic mass is 10.2. The highest BCUT2D eigenvalue weighted by Gasteiger charge is 2.12. The number of aryl methyl sites for hydroxylation is 2. The Labute approximate surface area is 116 Å². The number of nitrogens with zero attached hydrogens (tertiary/aromatic N) is 2. The van der Waals surface area contributed by atoms with Gasteiger partial charge in [0.25, 0.3) is 0 Å². The van der Waals surface area contributed by atoms with Crippen LogP contribution in [0.15, 0.2) is 12.1 Å². The molecule has 3 nitrogen and oxygen atoms in total. The third-order valence-corrected chi connectivity index (χ3v) is 4.29. The lowest BCUT2D eigenvalue weighted by Gasteiger charge is -2.15. The summed E-state index contributed by atoms with van der Waals surface area (Å²) in [6, 6.07) is 4.49. The van der Waals surface area contributed by atoms with Gasteiger partial charge in [-0.15, -0.1) is 11.3 Å². The first-order chi connectivity index (χ1) is 8.47. The van der Waals surface area contributed by atoms with Crippen molar-refractivity contribution in [1.82, 2.24) is 9.97 Å². The Hall–Kier alpha value is -1.13. The smallest absolute Gasteiger partial charge is 0.137 e. The second-order valence-electron chi connectivity index (χ2n) is 4.35. The molecule has 0 aliphatic carbocycles. The number of rotatable bonds is 3. The third kappa shape index (κ3) is 2.82. The van der Waals surface area contributed by atoms with Gasteiger partial charge in [-0.1, -0.05) is 11.6 Å². The molecule has 18 heavy (non-hydrogen) atoms. The van der Waals surface area contributed by atoms with E-state index in [2.05, 4.69) is 41.3 Å². The van der Waals surface area contributed by atoms with Crippen molar-refractivity contribution in [3.05, 3.63) is 38.4 Å². The predicted octanol–water partition coefficient (Wildman–Crippen LogP) is 4.29. The highest BCUT2D eigenvalue weighted by atomic mass is 35.5. The summed E-state index contributed by atoms with van der Waals surface area (Å²) < 4.78 is 0. The van der Waals surface area contributed by atoms with Crippen LogP contribution in [0.3, 0.4) is 0 Å². The second kappa shape index (κ2) is 5.24. The van der Waals surface area contributed by atoms with Gasteiger partial charge < -0.3 is 5.32 Å². The SMILES string of the molecule is Cc1nc(Cl)c(C)c(NC(C)c2ccc(C)s2)n1. The van der Waals surface area contributed by atoms with Crippen LogP contribution in [0.2, 0.25) is 5.15 Å². The molecule has 0 amide bonds. The average Bonchev–Trinajstić information content (AvgIpc) is 2.72. The second-order valence-corrected chi connectivity index (χ2v) is 6.03. The number of nitrogens with one attached hydrogen (secondary N) is 1. The monoisotopic (exact) mass is 281 g/mol. The molecule has 2 rings (SSSR count). The fraction of sp³-hybridized carbons (Fsp3) is 0.385. The van der Waals surface area contributed by atoms with Crippen molar-refractivity contribution in [2.45, 2.75) is 33.7 Å². The first-order valence-corrected chi connectivity index (χ1v) is 7.00. The van der Waals surface area contributed by atoms with Crippen molar-refractivity contribution in [3.63, 3.8) is 0 Å². The lowest BCUT2D eigenvalue weighted by molar-refractivity contribution is 0.881. The first-order valence-electron chi connectivity index (χ1n) is 5.81. The van der Waals surface area contributed by atoms with Crippen LogP contribution in [0.5, 0.6) is 0 Å². The van der Waals surface area contributed by atoms with Gasteiger partial charge in [-0.3, -0.25) is 0 Å². The van der Waals surface area contributed by atoms with Crippen LogP contribution >= 0.6 is 22.9 Å². The Morgan fingerprint density at radius 2 is 1.94 bits per heavy atom. The molecule has 0 aliphatic heterocycles. The van der Waals surface area contributed by atoms with E-state index in [4.69, 9.17) is 11.6 Å². The maximum absolute atomic E-state index is 6.06. The zero-order chi connectivity index (χ0) is 13.3. The molecule has 1 unspecified atom stereocenters. The zero-order valence-electron chi connectivity index (χ0n) is 10.9. The van der Waals surface area contributed by atoms with Crippen LogP contribution in [-0.2, 0) is 0 Å². The van der Waals surface area contributed by atoms with Gasteiger partial charge in [0.1, 0.15) is 16.8 Å². The number of thiophene rings is 1. The number of hydrogen-bond acceptors (Lipinski definition) is 4. The van der Waals surface area contributed by atoms with E-state index in [9.17, 15) is 0 Å². The molecule has 2 aromatic rings. The average molecular weight is 282 g/mol. The number of anilines is 1. The minimum atomic E-state index is 0.216. The van der Waals surface area contributed by atoms with Crippen molar-refractivity contribution in [2.24, 2.45) is 0 Å². The van der Waals surface area contributed by atoms with E-state index in [0.717, 1.165) is 11.4 Å². The Kier molecular flexibility index (Phi) is 3.88. The molecule has 2 aromatic heterocycles. The fourth-order valence-electron chi connectivity index (χ4n) is 1.70. The topological polar surface area (TPSA) is 37.8 Å². The van der Waals surface area contributed by atoms with E-state index in [1.807, 2.05) is 13.8 Å². The van der Waals surface area contributed by atoms with Crippen LogP contribution in [0.1, 0.15) is 34.1 Å². The minimum Gasteiger partial charge on any atom is -0.362 e. The molecule has 0 aromatic carbocycles. The maximum Gasteiger partial charge on any atom is 0.137 e. The van der Waals surface area contributed by atoms with Crippen LogP contribution < -0.4 is 5.32 Å². The van der Waals surface area contributed by atoms with Gasteiger partial charge in [-0.2, -0.15) is 0 Å². The minimum absolute atomic E-state index is 0.216. The quantitative estimate of drug-likeness (QED) is 0.853. The molecule has 1 N–H and O–H groups in total. The molecule has 0 saturated carbocycles. The highest BCUT2D eigenvalue weighted by Crippen LogP contribution is 2.27. The predicted molar refractivity (Wildman–Crippen MR) is 77.6 cm³/mol. The summed E-state index contributed by atoms with van der Waals surface area (Å²) in [6.07, 6.45) is 0. The zero-order valence-corrected chi connectivity index (χ0v) is 12.5. The Balaban J connectivity index is 2.24. The molecule has 0 fully saturated rings. The largest absolute Gasteiger partial charge is 0.362 e. The van der Waals surface area contributed by atoms with Crippen LogP contribution in [0, 0.1) is 20.8 Å². The molecule has 0 radical (unpaired) electrons. The van der Waals surface area contributed by atoms with E-state index in [-0.39, 0.29) is 6.04 Å². The number of halogens is 1. The molecule has 1 atom stereocenters. The number of hydrogen-bond donors (Lipinski definition) is 1. The lowest BCUT2D eigenvalue weighted by Crippen LogP contribution is -2.09. The van der Waals surface area contributed by atoms with Gasteiger partial charge in [0, 0.05) is 15.3 Å². The molecule has 96 valence electrons. The van der Waals surface area contributed by atoms with E-state index in [1.165, 1.54) is 9.75 Å². The van der Waals surface area contributed by atoms with Gasteiger partial charge in [0.05, 0.1) is 6.04 Å². The van der Waals surface area contributed by atoms with Gasteiger partial charge in [0.15, 0.2) is 0 Å². The van der Waals surface area contributed by atoms with Crippen molar-refractivity contribution in [3.8, 4) is 0 Å². The molecular formula is C13H16ClN3S. The molecule has 0 saturated heterocycles. The van der Waals surface area contributed by atoms with Gasteiger partial charge in [0.2, 0.25) is 0 Å². The Morgan fingerprint density at radius 1 is 1.22 bits per heavy atom. The van der Waals surface area contributed by atoms with E-state index >= 15 is 0 Å². The summed E-state index contributed by atoms with van der Waals surface area (Å²) in [5, 5.41) is 3.91. The third-order valence-electron chi connectivity index (χ3n) is 2.74. The first kappa shape index (κ1) is 13.3. The molecule has 5 heteroatoms. The fourth-order valence-corrected chi connectivity index (χ4v) is 2.79. The van der Waals surface area contributed by atoms with E-state index < -0.39 is 0 Å². The summed E-state index contributed by atoms with van der Waals surface area (Å²) in [6.45, 7) is 8.00. The van der Waals surface area contributed by atoms with Crippen molar-refractivity contribution in [2.75, 3.05) is 5.32 Å². The molecule has 0 bridgehead atoms. The number of aromatic nitrogens is 2. The van der Waals surface area contributed by atoms with Crippen molar-refractivity contribution < 1.29 is 0 Å². The summed E-state index contributed by atoms with van der Waals surface area (Å²) in [4.78, 5) is 11.1. The van der Waals surface area contributed by atoms with Crippen molar-refractivity contribution >= 4 is 28.8 Å². The summed E-state index contributed by atoms with van der Waals surface area (Å²) >= 11 is 7.85. The van der Waals surface area contributed by atoms with Gasteiger partial charge in [-0.05, 0) is 39.8 Å². The molecule has 0 aliphatic rings. The summed E-state index contributed by atoms with van der Waals surface area (Å²) in [5.74, 6) is 1.49. The van der Waals surface area contributed by atoms with Crippen LogP contribution in [-0.4, -0.2) is 9.97 Å². The van der Waals surface area contributed by atoms with E-state index in [0.29, 0.717) is 11.0 Å².